The standard InChI is InChI=1S/C96H72N8/c1-55-9-25-63(26-10-55)87-73-41-43-75(97-73)89(65-29-13-57(3)14-30-65)79-49-51-83(101-79)93(69-37-21-61(7)22-38-69)95-71(53-85(103-95)91(81-47-45-77(87)99-81)67-33-17-59(5)18-34-67)72-54-86-92(68-35-19-60(6)20-36-68)82-48-46-78(100-82)88(64-27-11-56(2)12-28-64)74-42-44-76(98-74)90(66-31-15-58(4)16-32-66)80-50-52-84(102-80)94(96(72)104-86)70-39-23-62(8)24-40-70/h9-54,97,103H,1-8H3. The molecule has 2 N–H and O–H groups in total. The summed E-state index contributed by atoms with van der Waals surface area (Å²) >= 11 is 0. The van der Waals surface area contributed by atoms with Crippen molar-refractivity contribution in [1.29, 1.82) is 0 Å². The van der Waals surface area contributed by atoms with E-state index < -0.39 is 0 Å². The topological polar surface area (TPSA) is 107 Å². The first-order valence-corrected chi connectivity index (χ1v) is 35.6. The van der Waals surface area contributed by atoms with Gasteiger partial charge in [0.15, 0.2) is 0 Å². The van der Waals surface area contributed by atoms with Crippen LogP contribution in [0, 0.1) is 55.4 Å². The number of nitrogens with zero attached hydrogens (tertiary/aromatic N) is 6. The van der Waals surface area contributed by atoms with Crippen molar-refractivity contribution in [3.63, 3.8) is 0 Å². The molecule has 7 aliphatic heterocycles. The zero-order valence-corrected chi connectivity index (χ0v) is 59.2. The maximum absolute atomic E-state index is 6.17. The predicted octanol–water partition coefficient (Wildman–Crippen LogP) is 23.3. The fourth-order valence-electron chi connectivity index (χ4n) is 15.0. The summed E-state index contributed by atoms with van der Waals surface area (Å²) in [6.07, 6.45) is 24.0. The Morgan fingerprint density at radius 3 is 0.885 bits per heavy atom. The second-order valence-electron chi connectivity index (χ2n) is 28.2. The molecule has 10 heterocycles. The normalized spacial score (nSPS) is 15.1. The van der Waals surface area contributed by atoms with Crippen LogP contribution in [0.4, 0.5) is 0 Å². The first-order chi connectivity index (χ1) is 50.7. The average molecular weight is 1340 g/mol. The van der Waals surface area contributed by atoms with Gasteiger partial charge in [-0.05, 0) is 185 Å². The Hall–Kier alpha value is -13.0. The summed E-state index contributed by atoms with van der Waals surface area (Å²) in [4.78, 5) is 43.3. The summed E-state index contributed by atoms with van der Waals surface area (Å²) in [6, 6.07) is 77.0. The minimum atomic E-state index is 0.742. The van der Waals surface area contributed by atoms with Gasteiger partial charge in [-0.25, -0.2) is 29.9 Å². The second kappa shape index (κ2) is 25.5. The number of hydrogen-bond acceptors (Lipinski definition) is 6. The van der Waals surface area contributed by atoms with Crippen LogP contribution in [0.5, 0.6) is 0 Å². The van der Waals surface area contributed by atoms with Crippen molar-refractivity contribution in [3.8, 4) is 44.5 Å². The lowest BCUT2D eigenvalue weighted by Gasteiger charge is -2.15. The molecule has 11 aromatic rings. The molecule has 8 aromatic carbocycles. The number of aliphatic imine (C=N–C) groups is 4. The summed E-state index contributed by atoms with van der Waals surface area (Å²) in [5, 5.41) is 0. The van der Waals surface area contributed by atoms with Crippen molar-refractivity contribution >= 4 is 97.1 Å². The fraction of sp³-hybridized carbons (Fsp3) is 0.0833. The highest BCUT2D eigenvalue weighted by atomic mass is 14.9. The lowest BCUT2D eigenvalue weighted by molar-refractivity contribution is 1.31. The molecule has 104 heavy (non-hydrogen) atoms. The van der Waals surface area contributed by atoms with Crippen LogP contribution in [0.15, 0.2) is 298 Å². The molecule has 0 spiro atoms. The summed E-state index contributed by atoms with van der Waals surface area (Å²) in [5.41, 5.74) is 39.6. The molecule has 7 aliphatic rings. The molecule has 0 atom stereocenters. The number of hydrogen-bond donors (Lipinski definition) is 2. The molecule has 0 amide bonds. The number of aromatic amines is 2. The van der Waals surface area contributed by atoms with E-state index in [9.17, 15) is 0 Å². The zero-order valence-electron chi connectivity index (χ0n) is 59.2. The molecule has 0 unspecified atom stereocenters. The van der Waals surface area contributed by atoms with Gasteiger partial charge in [0.2, 0.25) is 0 Å². The van der Waals surface area contributed by atoms with Gasteiger partial charge in [-0.3, -0.25) is 0 Å². The van der Waals surface area contributed by atoms with E-state index in [0.717, 1.165) is 218 Å². The van der Waals surface area contributed by atoms with Crippen LogP contribution >= 0.6 is 0 Å². The molecule has 16 bridgehead atoms. The van der Waals surface area contributed by atoms with Gasteiger partial charge in [0.05, 0.1) is 73.9 Å². The Bertz CT molecular complexity index is 6150. The van der Waals surface area contributed by atoms with Crippen molar-refractivity contribution < 1.29 is 0 Å². The van der Waals surface area contributed by atoms with Gasteiger partial charge in [-0.2, -0.15) is 0 Å². The third-order valence-electron chi connectivity index (χ3n) is 20.6. The van der Waals surface area contributed by atoms with Crippen LogP contribution in [0.3, 0.4) is 0 Å². The van der Waals surface area contributed by atoms with Gasteiger partial charge in [0.25, 0.3) is 0 Å². The van der Waals surface area contributed by atoms with Crippen molar-refractivity contribution in [2.24, 2.45) is 20.0 Å². The SMILES string of the molecule is Cc1ccc(C2=C3C=CC(=N3)C(c3ccc(C)cc3)=C3C=CC(=N3)C(c3ccc(C)cc3)=C3N=C(C=C3c3cc4[nH]c3c(-c3ccc(C)cc3)c3nc(c(-c5ccc(C)cc5)c5ccc([nH]5)c(-c5ccc(C)cc5)c5nc(c4-c4ccc(C)cc4)C=C5)C=C3)C(c3ccc(C)cc3)=C3C=CC2=N3)cc1. The van der Waals surface area contributed by atoms with E-state index in [1.54, 1.807) is 0 Å². The van der Waals surface area contributed by atoms with E-state index in [2.05, 4.69) is 345 Å². The third kappa shape index (κ3) is 11.5. The first kappa shape index (κ1) is 63.2. The number of aryl methyl sites for hydroxylation is 8. The highest BCUT2D eigenvalue weighted by Gasteiger charge is 2.33. The van der Waals surface area contributed by atoms with E-state index in [4.69, 9.17) is 29.9 Å². The number of rotatable bonds is 9. The molecule has 0 saturated carbocycles. The lowest BCUT2D eigenvalue weighted by Crippen LogP contribution is -2.04. The van der Waals surface area contributed by atoms with Crippen molar-refractivity contribution in [2.45, 2.75) is 55.4 Å². The van der Waals surface area contributed by atoms with E-state index in [-0.39, 0.29) is 0 Å². The van der Waals surface area contributed by atoms with Gasteiger partial charge >= 0.3 is 0 Å². The predicted molar refractivity (Wildman–Crippen MR) is 437 cm³/mol. The molecule has 0 radical (unpaired) electrons. The number of allylic oxidation sites excluding steroid dienone is 12. The lowest BCUT2D eigenvalue weighted by atomic mass is 9.91. The highest BCUT2D eigenvalue weighted by molar-refractivity contribution is 6.42. The minimum Gasteiger partial charge on any atom is -0.354 e. The number of H-pyrrole nitrogens is 2. The summed E-state index contributed by atoms with van der Waals surface area (Å²) < 4.78 is 0. The Kier molecular flexibility index (Phi) is 15.5. The molecular weight excluding hydrogens is 1270 g/mol. The van der Waals surface area contributed by atoms with E-state index in [1.807, 2.05) is 0 Å². The number of aromatic nitrogens is 4. The minimum absolute atomic E-state index is 0.742. The number of benzene rings is 8. The molecule has 3 aromatic heterocycles. The van der Waals surface area contributed by atoms with Crippen molar-refractivity contribution in [3.05, 3.63) is 373 Å². The smallest absolute Gasteiger partial charge is 0.0817 e. The van der Waals surface area contributed by atoms with Crippen LogP contribution in [-0.2, 0) is 0 Å². The largest absolute Gasteiger partial charge is 0.354 e. The van der Waals surface area contributed by atoms with Gasteiger partial charge in [0, 0.05) is 72.2 Å². The second-order valence-corrected chi connectivity index (χ2v) is 28.2. The van der Waals surface area contributed by atoms with Crippen molar-refractivity contribution in [2.75, 3.05) is 0 Å². The zero-order chi connectivity index (χ0) is 70.4. The molecule has 8 heteroatoms. The molecule has 0 aliphatic carbocycles. The third-order valence-corrected chi connectivity index (χ3v) is 20.6. The van der Waals surface area contributed by atoms with Crippen molar-refractivity contribution in [1.82, 2.24) is 19.9 Å². The van der Waals surface area contributed by atoms with Crippen LogP contribution in [0.1, 0.15) is 95.1 Å². The van der Waals surface area contributed by atoms with E-state index in [1.165, 1.54) is 16.7 Å². The molecule has 0 fully saturated rings. The van der Waals surface area contributed by atoms with Gasteiger partial charge in [0.1, 0.15) is 0 Å². The van der Waals surface area contributed by atoms with E-state index >= 15 is 0 Å². The maximum Gasteiger partial charge on any atom is 0.0817 e. The Balaban J connectivity index is 1.03. The Morgan fingerprint density at radius 2 is 0.529 bits per heavy atom. The average Bonchev–Trinajstić information content (AvgIpc) is 1.58. The molecule has 18 rings (SSSR count). The maximum atomic E-state index is 6.17. The molecular formula is C96H72N8. The summed E-state index contributed by atoms with van der Waals surface area (Å²) in [5.74, 6) is 0. The Morgan fingerprint density at radius 1 is 0.240 bits per heavy atom. The summed E-state index contributed by atoms with van der Waals surface area (Å²) in [7, 11) is 0. The van der Waals surface area contributed by atoms with Crippen LogP contribution in [0.2, 0.25) is 0 Å². The molecule has 496 valence electrons. The summed E-state index contributed by atoms with van der Waals surface area (Å²) in [6.45, 7) is 17.1. The quantitative estimate of drug-likeness (QED) is 0.150. The molecule has 0 saturated heterocycles. The number of fused-ring (bicyclic) bond motifs is 12. The first-order valence-electron chi connectivity index (χ1n) is 35.6. The molecule has 8 nitrogen and oxygen atoms in total. The van der Waals surface area contributed by atoms with Gasteiger partial charge in [-0.1, -0.05) is 239 Å². The number of nitrogens with one attached hydrogen (secondary N) is 2. The van der Waals surface area contributed by atoms with Gasteiger partial charge in [-0.15, -0.1) is 0 Å². The monoisotopic (exact) mass is 1340 g/mol. The van der Waals surface area contributed by atoms with Crippen LogP contribution in [0.25, 0.3) is 119 Å². The fourth-order valence-corrected chi connectivity index (χ4v) is 15.0. The Labute approximate surface area is 606 Å². The highest BCUT2D eigenvalue weighted by Crippen LogP contribution is 2.48. The van der Waals surface area contributed by atoms with Crippen LogP contribution in [-0.4, -0.2) is 42.8 Å². The van der Waals surface area contributed by atoms with Gasteiger partial charge < -0.3 is 9.97 Å². The van der Waals surface area contributed by atoms with Crippen LogP contribution < -0.4 is 0 Å². The van der Waals surface area contributed by atoms with E-state index in [0.29, 0.717) is 0 Å².